The third-order valence-electron chi connectivity index (χ3n) is 3.99. The van der Waals surface area contributed by atoms with Crippen molar-refractivity contribution < 1.29 is 4.79 Å². The highest BCUT2D eigenvalue weighted by Gasteiger charge is 2.21. The molecule has 2 aromatic rings. The second-order valence-electron chi connectivity index (χ2n) is 5.63. The highest BCUT2D eigenvalue weighted by Crippen LogP contribution is 2.23. The molecular weight excluding hydrogens is 362 g/mol. The average Bonchev–Trinajstić information content (AvgIpc) is 3.00. The summed E-state index contributed by atoms with van der Waals surface area (Å²) in [4.78, 5) is 19.1. The van der Waals surface area contributed by atoms with Crippen molar-refractivity contribution in [3.8, 4) is 0 Å². The van der Waals surface area contributed by atoms with Crippen LogP contribution in [0.5, 0.6) is 0 Å². The zero-order valence-corrected chi connectivity index (χ0v) is 15.9. The Kier molecular flexibility index (Phi) is 6.05. The summed E-state index contributed by atoms with van der Waals surface area (Å²) in [5.41, 5.74) is 0.850. The number of carbonyl (C=O) groups is 1. The lowest BCUT2D eigenvalue weighted by Gasteiger charge is -2.34. The predicted molar refractivity (Wildman–Crippen MR) is 103 cm³/mol. The van der Waals surface area contributed by atoms with Gasteiger partial charge in [0.15, 0.2) is 0 Å². The molecule has 1 aliphatic heterocycles. The van der Waals surface area contributed by atoms with Gasteiger partial charge in [-0.1, -0.05) is 17.7 Å². The van der Waals surface area contributed by atoms with E-state index in [9.17, 15) is 4.79 Å². The van der Waals surface area contributed by atoms with Gasteiger partial charge in [-0.3, -0.25) is 4.90 Å². The molecule has 2 heterocycles. The fourth-order valence-electron chi connectivity index (χ4n) is 2.67. The number of hydrogen-bond donors (Lipinski definition) is 1. The molecular formula is C17H20ClN3OS2. The Bertz CT molecular complexity index is 699. The van der Waals surface area contributed by atoms with Gasteiger partial charge in [0.1, 0.15) is 0 Å². The van der Waals surface area contributed by atoms with Gasteiger partial charge in [-0.25, -0.2) is 4.79 Å². The smallest absolute Gasteiger partial charge is 0.321 e. The van der Waals surface area contributed by atoms with Crippen LogP contribution < -0.4 is 5.32 Å². The van der Waals surface area contributed by atoms with Crippen molar-refractivity contribution in [2.75, 3.05) is 37.8 Å². The van der Waals surface area contributed by atoms with E-state index in [0.29, 0.717) is 0 Å². The van der Waals surface area contributed by atoms with E-state index in [1.807, 2.05) is 41.5 Å². The fraction of sp³-hybridized carbons (Fsp3) is 0.353. The Morgan fingerprint density at radius 1 is 1.25 bits per heavy atom. The summed E-state index contributed by atoms with van der Waals surface area (Å²) < 4.78 is 0.829. The predicted octanol–water partition coefficient (Wildman–Crippen LogP) is 4.47. The third-order valence-corrected chi connectivity index (χ3v) is 5.93. The Morgan fingerprint density at radius 3 is 2.71 bits per heavy atom. The van der Waals surface area contributed by atoms with Crippen LogP contribution in [0.3, 0.4) is 0 Å². The van der Waals surface area contributed by atoms with Crippen molar-refractivity contribution in [2.24, 2.45) is 0 Å². The van der Waals surface area contributed by atoms with Crippen LogP contribution in [0, 0.1) is 0 Å². The van der Waals surface area contributed by atoms with E-state index in [-0.39, 0.29) is 6.03 Å². The summed E-state index contributed by atoms with van der Waals surface area (Å²) in [7, 11) is 0. The lowest BCUT2D eigenvalue weighted by atomic mass is 10.3. The number of benzene rings is 1. The molecule has 4 nitrogen and oxygen atoms in total. The molecule has 1 saturated heterocycles. The van der Waals surface area contributed by atoms with E-state index in [0.717, 1.165) is 47.6 Å². The molecule has 0 bridgehead atoms. The minimum absolute atomic E-state index is 0.0212. The number of thiophene rings is 1. The lowest BCUT2D eigenvalue weighted by Crippen LogP contribution is -2.49. The van der Waals surface area contributed by atoms with Crippen LogP contribution in [0.25, 0.3) is 0 Å². The molecule has 24 heavy (non-hydrogen) atoms. The standard InChI is InChI=1S/C17H20ClN3OS2/c1-23-14-4-2-3-13(11-14)19-17(22)21-9-7-20(8-10-21)12-15-5-6-16(18)24-15/h2-6,11H,7-10,12H2,1H3,(H,19,22). The number of carbonyl (C=O) groups excluding carboxylic acids is 1. The lowest BCUT2D eigenvalue weighted by molar-refractivity contribution is 0.143. The number of nitrogens with one attached hydrogen (secondary N) is 1. The normalized spacial score (nSPS) is 15.5. The van der Waals surface area contributed by atoms with Crippen LogP contribution in [0.1, 0.15) is 4.88 Å². The van der Waals surface area contributed by atoms with Crippen LogP contribution in [-0.2, 0) is 6.54 Å². The molecule has 1 fully saturated rings. The number of nitrogens with zero attached hydrogens (tertiary/aromatic N) is 2. The number of anilines is 1. The maximum Gasteiger partial charge on any atom is 0.321 e. The zero-order valence-electron chi connectivity index (χ0n) is 13.5. The first-order chi connectivity index (χ1) is 11.6. The van der Waals surface area contributed by atoms with Crippen molar-refractivity contribution in [2.45, 2.75) is 11.4 Å². The van der Waals surface area contributed by atoms with E-state index in [1.165, 1.54) is 4.88 Å². The molecule has 0 atom stereocenters. The molecule has 0 saturated carbocycles. The Morgan fingerprint density at radius 2 is 2.04 bits per heavy atom. The maximum absolute atomic E-state index is 12.4. The van der Waals surface area contributed by atoms with Gasteiger partial charge < -0.3 is 10.2 Å². The summed E-state index contributed by atoms with van der Waals surface area (Å²) in [6.07, 6.45) is 2.03. The second kappa shape index (κ2) is 8.25. The van der Waals surface area contributed by atoms with E-state index in [1.54, 1.807) is 23.1 Å². The fourth-order valence-corrected chi connectivity index (χ4v) is 4.26. The Labute approximate surface area is 155 Å². The van der Waals surface area contributed by atoms with Gasteiger partial charge in [-0.2, -0.15) is 0 Å². The van der Waals surface area contributed by atoms with Crippen molar-refractivity contribution in [1.82, 2.24) is 9.80 Å². The minimum atomic E-state index is -0.0212. The van der Waals surface area contributed by atoms with Crippen LogP contribution in [-0.4, -0.2) is 48.3 Å². The van der Waals surface area contributed by atoms with Gasteiger partial charge in [0.05, 0.1) is 4.34 Å². The quantitative estimate of drug-likeness (QED) is 0.793. The van der Waals surface area contributed by atoms with Crippen molar-refractivity contribution in [1.29, 1.82) is 0 Å². The molecule has 3 rings (SSSR count). The molecule has 0 aliphatic carbocycles. The number of thioether (sulfide) groups is 1. The topological polar surface area (TPSA) is 35.6 Å². The molecule has 0 spiro atoms. The highest BCUT2D eigenvalue weighted by atomic mass is 35.5. The molecule has 128 valence electrons. The summed E-state index contributed by atoms with van der Waals surface area (Å²) >= 11 is 9.27. The second-order valence-corrected chi connectivity index (χ2v) is 8.31. The summed E-state index contributed by atoms with van der Waals surface area (Å²) in [6, 6.07) is 11.9. The SMILES string of the molecule is CSc1cccc(NC(=O)N2CCN(Cc3ccc(Cl)s3)CC2)c1. The van der Waals surface area contributed by atoms with Gasteiger partial charge >= 0.3 is 6.03 Å². The van der Waals surface area contributed by atoms with E-state index in [2.05, 4.69) is 16.3 Å². The van der Waals surface area contributed by atoms with Gasteiger partial charge in [0, 0.05) is 48.2 Å². The Hall–Kier alpha value is -1.21. The number of hydrogen-bond acceptors (Lipinski definition) is 4. The van der Waals surface area contributed by atoms with Crippen molar-refractivity contribution in [3.63, 3.8) is 0 Å². The molecule has 1 aromatic carbocycles. The van der Waals surface area contributed by atoms with Gasteiger partial charge in [-0.15, -0.1) is 23.1 Å². The van der Waals surface area contributed by atoms with Crippen LogP contribution in [0.15, 0.2) is 41.3 Å². The average molecular weight is 382 g/mol. The molecule has 0 unspecified atom stereocenters. The van der Waals surface area contributed by atoms with E-state index < -0.39 is 0 Å². The first-order valence-corrected chi connectivity index (χ1v) is 10.2. The summed E-state index contributed by atoms with van der Waals surface area (Å²) in [5.74, 6) is 0. The largest absolute Gasteiger partial charge is 0.322 e. The maximum atomic E-state index is 12.4. The first-order valence-electron chi connectivity index (χ1n) is 7.80. The number of urea groups is 1. The molecule has 2 amide bonds. The van der Waals surface area contributed by atoms with Crippen LogP contribution in [0.4, 0.5) is 10.5 Å². The van der Waals surface area contributed by atoms with Crippen LogP contribution >= 0.6 is 34.7 Å². The summed E-state index contributed by atoms with van der Waals surface area (Å²) in [6.45, 7) is 4.16. The van der Waals surface area contributed by atoms with Crippen LogP contribution in [0.2, 0.25) is 4.34 Å². The number of amides is 2. The highest BCUT2D eigenvalue weighted by molar-refractivity contribution is 7.98. The van der Waals surface area contributed by atoms with Crippen molar-refractivity contribution in [3.05, 3.63) is 45.6 Å². The van der Waals surface area contributed by atoms with Gasteiger partial charge in [-0.05, 0) is 36.6 Å². The van der Waals surface area contributed by atoms with E-state index in [4.69, 9.17) is 11.6 Å². The molecule has 0 radical (unpaired) electrons. The monoisotopic (exact) mass is 381 g/mol. The Balaban J connectivity index is 1.49. The number of piperazine rings is 1. The third kappa shape index (κ3) is 4.66. The first kappa shape index (κ1) is 17.6. The minimum Gasteiger partial charge on any atom is -0.322 e. The molecule has 1 N–H and O–H groups in total. The number of rotatable bonds is 4. The zero-order chi connectivity index (χ0) is 16.9. The summed E-state index contributed by atoms with van der Waals surface area (Å²) in [5, 5.41) is 2.99. The van der Waals surface area contributed by atoms with Gasteiger partial charge in [0.2, 0.25) is 0 Å². The van der Waals surface area contributed by atoms with E-state index >= 15 is 0 Å². The van der Waals surface area contributed by atoms with Gasteiger partial charge in [0.25, 0.3) is 0 Å². The molecule has 1 aromatic heterocycles. The molecule has 7 heteroatoms. The molecule has 1 aliphatic rings. The number of halogens is 1. The van der Waals surface area contributed by atoms with Crippen molar-refractivity contribution >= 4 is 46.4 Å².